The van der Waals surface area contributed by atoms with Crippen LogP contribution in [0.3, 0.4) is 0 Å². The summed E-state index contributed by atoms with van der Waals surface area (Å²) in [5, 5.41) is 18.9. The molecule has 1 rings (SSSR count). The molecule has 0 bridgehead atoms. The van der Waals surface area contributed by atoms with Crippen molar-refractivity contribution < 1.29 is 47.8 Å². The Morgan fingerprint density at radius 1 is 1.17 bits per heavy atom. The lowest BCUT2D eigenvalue weighted by Crippen LogP contribution is -2.34. The molecule has 1 fully saturated rings. The predicted octanol–water partition coefficient (Wildman–Crippen LogP) is -1.63. The maximum atomic E-state index is 11.0. The monoisotopic (exact) mass is 308 g/mol. The lowest BCUT2D eigenvalue weighted by atomic mass is 10.1. The summed E-state index contributed by atoms with van der Waals surface area (Å²) in [5.74, 6) is 0. The van der Waals surface area contributed by atoms with Crippen molar-refractivity contribution in [2.45, 2.75) is 24.6 Å². The highest BCUT2D eigenvalue weighted by Gasteiger charge is 2.46. The fourth-order valence-corrected chi connectivity index (χ4v) is 2.20. The predicted molar refractivity (Wildman–Crippen MR) is 55.5 cm³/mol. The van der Waals surface area contributed by atoms with E-state index in [2.05, 4.69) is 9.05 Å². The van der Waals surface area contributed by atoms with Crippen molar-refractivity contribution in [3.63, 3.8) is 0 Å². The number of phosphoric acid groups is 1. The van der Waals surface area contributed by atoms with E-state index < -0.39 is 46.6 Å². The fourth-order valence-electron chi connectivity index (χ4n) is 1.30. The lowest BCUT2D eigenvalue weighted by Gasteiger charge is -2.16. The Labute approximate surface area is 102 Å². The summed E-state index contributed by atoms with van der Waals surface area (Å²) in [7, 11) is -8.69. The molecule has 0 aromatic rings. The quantitative estimate of drug-likeness (QED) is 0.373. The minimum absolute atomic E-state index is 0.707. The smallest absolute Gasteiger partial charge is 0.387 e. The van der Waals surface area contributed by atoms with Crippen LogP contribution in [0, 0.1) is 0 Å². The summed E-state index contributed by atoms with van der Waals surface area (Å²) >= 11 is 0. The van der Waals surface area contributed by atoms with Gasteiger partial charge >= 0.3 is 15.4 Å². The number of phosphoric ester groups is 1. The molecule has 0 amide bonds. The summed E-state index contributed by atoms with van der Waals surface area (Å²) in [6, 6.07) is 0. The molecule has 1 unspecified atom stereocenters. The van der Waals surface area contributed by atoms with E-state index in [4.69, 9.17) is 19.4 Å². The third kappa shape index (κ3) is 5.02. The Balaban J connectivity index is 2.59. The summed E-state index contributed by atoms with van der Waals surface area (Å²) in [6.45, 7) is 0.150. The van der Waals surface area contributed by atoms with Crippen LogP contribution >= 0.6 is 15.4 Å². The Kier molecular flexibility index (Phi) is 5.07. The van der Waals surface area contributed by atoms with Crippen molar-refractivity contribution in [3.8, 4) is 0 Å². The van der Waals surface area contributed by atoms with Crippen molar-refractivity contribution >= 4 is 15.4 Å². The van der Waals surface area contributed by atoms with Gasteiger partial charge in [-0.1, -0.05) is 0 Å². The molecule has 0 aromatic heterocycles. The highest BCUT2D eigenvalue weighted by molar-refractivity contribution is 7.51. The van der Waals surface area contributed by atoms with Gasteiger partial charge in [0, 0.05) is 6.66 Å². The molecule has 0 aliphatic carbocycles. The molecule has 12 heteroatoms. The van der Waals surface area contributed by atoms with Gasteiger partial charge in [-0.05, 0) is 0 Å². The third-order valence-electron chi connectivity index (χ3n) is 2.03. The van der Waals surface area contributed by atoms with Gasteiger partial charge in [0.15, 0.2) is 6.29 Å². The average molecular weight is 308 g/mol. The van der Waals surface area contributed by atoms with E-state index in [1.165, 1.54) is 0 Å². The van der Waals surface area contributed by atoms with E-state index in [1.54, 1.807) is 0 Å². The fraction of sp³-hybridized carbons (Fsp3) is 1.00. The molecular formula is C6H14O10P2. The van der Waals surface area contributed by atoms with Gasteiger partial charge < -0.3 is 29.6 Å². The van der Waals surface area contributed by atoms with Crippen molar-refractivity contribution in [1.29, 1.82) is 0 Å². The zero-order valence-corrected chi connectivity index (χ0v) is 11.0. The molecule has 1 heterocycles. The third-order valence-corrected chi connectivity index (χ3v) is 3.11. The van der Waals surface area contributed by atoms with E-state index >= 15 is 0 Å². The van der Waals surface area contributed by atoms with Gasteiger partial charge in [0.25, 0.3) is 0 Å². The van der Waals surface area contributed by atoms with Crippen molar-refractivity contribution in [2.24, 2.45) is 0 Å². The number of aliphatic hydroxyl groups is 2. The Morgan fingerprint density at radius 2 is 1.72 bits per heavy atom. The zero-order valence-electron chi connectivity index (χ0n) is 9.19. The summed E-state index contributed by atoms with van der Waals surface area (Å²) in [6.07, 6.45) is -6.06. The van der Waals surface area contributed by atoms with Crippen LogP contribution < -0.4 is 0 Å². The minimum atomic E-state index is -4.74. The van der Waals surface area contributed by atoms with E-state index in [1.807, 2.05) is 0 Å². The van der Waals surface area contributed by atoms with Crippen LogP contribution in [0.4, 0.5) is 0 Å². The maximum Gasteiger partial charge on any atom is 0.469 e. The number of aliphatic hydroxyl groups excluding tert-OH is 2. The van der Waals surface area contributed by atoms with Crippen LogP contribution in [0.1, 0.15) is 0 Å². The zero-order chi connectivity index (χ0) is 14.1. The van der Waals surface area contributed by atoms with E-state index in [0.29, 0.717) is 0 Å². The van der Waals surface area contributed by atoms with Gasteiger partial charge in [-0.15, -0.1) is 0 Å². The van der Waals surface area contributed by atoms with Crippen LogP contribution in [0.15, 0.2) is 0 Å². The molecule has 10 nitrogen and oxygen atoms in total. The molecule has 5 atom stereocenters. The molecule has 1 saturated heterocycles. The summed E-state index contributed by atoms with van der Waals surface area (Å²) in [5.41, 5.74) is 0. The molecule has 108 valence electrons. The number of hydrogen-bond acceptors (Lipinski definition) is 7. The van der Waals surface area contributed by atoms with E-state index in [9.17, 15) is 19.3 Å². The Bertz CT molecular complexity index is 373. The Hall–Kier alpha value is 0.140. The first-order valence-electron chi connectivity index (χ1n) is 4.70. The van der Waals surface area contributed by atoms with Gasteiger partial charge in [0.2, 0.25) is 0 Å². The summed E-state index contributed by atoms with van der Waals surface area (Å²) < 4.78 is 34.8. The standard InChI is InChI=1S/C6H14O10P2/c1-17(9,10)16-6-5(8)4(7)3(15-6)2-14-18(11,12)13/h3-8H,2H2,1H3,(H,9,10)(H2,11,12,13)/t3-,4-,5-,6-/m1/s1. The first-order valence-corrected chi connectivity index (χ1v) is 8.25. The van der Waals surface area contributed by atoms with Crippen molar-refractivity contribution in [2.75, 3.05) is 13.3 Å². The van der Waals surface area contributed by atoms with Gasteiger partial charge in [0.1, 0.15) is 18.3 Å². The normalized spacial score (nSPS) is 36.6. The molecule has 0 spiro atoms. The van der Waals surface area contributed by atoms with Crippen LogP contribution in [-0.4, -0.2) is 62.8 Å². The topological polar surface area (TPSA) is 163 Å². The Morgan fingerprint density at radius 3 is 2.17 bits per heavy atom. The number of rotatable bonds is 5. The second-order valence-corrected chi connectivity index (χ2v) is 6.77. The molecule has 0 radical (unpaired) electrons. The van der Waals surface area contributed by atoms with Crippen molar-refractivity contribution in [1.82, 2.24) is 0 Å². The van der Waals surface area contributed by atoms with Crippen LogP contribution in [0.2, 0.25) is 0 Å². The van der Waals surface area contributed by atoms with Crippen LogP contribution in [-0.2, 0) is 22.9 Å². The SMILES string of the molecule is CP(=O)(O)O[C@H]1O[C@H](COP(=O)(O)O)[C@@H](O)[C@H]1O. The molecule has 1 aliphatic rings. The largest absolute Gasteiger partial charge is 0.469 e. The highest BCUT2D eigenvalue weighted by Crippen LogP contribution is 2.42. The average Bonchev–Trinajstić information content (AvgIpc) is 2.40. The molecule has 5 N–H and O–H groups in total. The first-order chi connectivity index (χ1) is 7.99. The van der Waals surface area contributed by atoms with Gasteiger partial charge in [0.05, 0.1) is 6.61 Å². The number of ether oxygens (including phenoxy) is 1. The number of hydrogen-bond donors (Lipinski definition) is 5. The van der Waals surface area contributed by atoms with E-state index in [0.717, 1.165) is 6.66 Å². The van der Waals surface area contributed by atoms with E-state index in [-0.39, 0.29) is 0 Å². The van der Waals surface area contributed by atoms with Crippen molar-refractivity contribution in [3.05, 3.63) is 0 Å². The lowest BCUT2D eigenvalue weighted by molar-refractivity contribution is -0.119. The van der Waals surface area contributed by atoms with Gasteiger partial charge in [-0.2, -0.15) is 0 Å². The minimum Gasteiger partial charge on any atom is -0.387 e. The second kappa shape index (κ2) is 5.64. The van der Waals surface area contributed by atoms with Crippen LogP contribution in [0.5, 0.6) is 0 Å². The summed E-state index contributed by atoms with van der Waals surface area (Å²) in [4.78, 5) is 25.8. The van der Waals surface area contributed by atoms with Crippen LogP contribution in [0.25, 0.3) is 0 Å². The molecule has 18 heavy (non-hydrogen) atoms. The highest BCUT2D eigenvalue weighted by atomic mass is 31.2. The first kappa shape index (κ1) is 16.2. The van der Waals surface area contributed by atoms with Gasteiger partial charge in [-0.25, -0.2) is 4.57 Å². The second-order valence-electron chi connectivity index (χ2n) is 3.72. The van der Waals surface area contributed by atoms with Gasteiger partial charge in [-0.3, -0.25) is 13.6 Å². The molecule has 0 saturated carbocycles. The molecule has 1 aliphatic heterocycles. The maximum absolute atomic E-state index is 11.0. The molecule has 0 aromatic carbocycles. The molecular weight excluding hydrogens is 294 g/mol.